The minimum atomic E-state index is 0.865. The summed E-state index contributed by atoms with van der Waals surface area (Å²) in [6.07, 6.45) is 0. The van der Waals surface area contributed by atoms with Gasteiger partial charge in [-0.05, 0) is 81.7 Å². The third kappa shape index (κ3) is 4.44. The first-order chi connectivity index (χ1) is 24.3. The number of fused-ring (bicyclic) bond motifs is 5. The van der Waals surface area contributed by atoms with Gasteiger partial charge in [0.2, 0.25) is 0 Å². The number of para-hydroxylation sites is 3. The molecule has 1 aromatic heterocycles. The molecule has 0 radical (unpaired) electrons. The molecular weight excluding hydrogens is 599 g/mol. The Morgan fingerprint density at radius 3 is 1.84 bits per heavy atom. The quantitative estimate of drug-likeness (QED) is 0.190. The van der Waals surface area contributed by atoms with E-state index in [1.807, 2.05) is 24.3 Å². The van der Waals surface area contributed by atoms with Crippen LogP contribution >= 0.6 is 0 Å². The van der Waals surface area contributed by atoms with Crippen molar-refractivity contribution in [3.63, 3.8) is 0 Å². The number of rotatable bonds is 5. The third-order valence-corrected chi connectivity index (χ3v) is 9.69. The summed E-state index contributed by atoms with van der Waals surface area (Å²) < 4.78 is 12.9. The summed E-state index contributed by atoms with van der Waals surface area (Å²) >= 11 is 0. The van der Waals surface area contributed by atoms with Crippen molar-refractivity contribution < 1.29 is 9.15 Å². The maximum absolute atomic E-state index is 6.55. The van der Waals surface area contributed by atoms with Gasteiger partial charge in [0.05, 0.1) is 5.69 Å². The average molecular weight is 628 g/mol. The largest absolute Gasteiger partial charge is 0.456 e. The predicted molar refractivity (Wildman–Crippen MR) is 202 cm³/mol. The second kappa shape index (κ2) is 11.0. The Morgan fingerprint density at radius 2 is 1.00 bits per heavy atom. The van der Waals surface area contributed by atoms with Gasteiger partial charge in [0.1, 0.15) is 17.1 Å². The minimum Gasteiger partial charge on any atom is -0.456 e. The molecule has 0 amide bonds. The fourth-order valence-corrected chi connectivity index (χ4v) is 7.39. The molecule has 1 aliphatic rings. The van der Waals surface area contributed by atoms with Crippen molar-refractivity contribution in [2.24, 2.45) is 0 Å². The Balaban J connectivity index is 1.11. The Hall–Kier alpha value is -6.58. The molecule has 3 nitrogen and oxygen atoms in total. The fourth-order valence-electron chi connectivity index (χ4n) is 7.39. The van der Waals surface area contributed by atoms with Gasteiger partial charge in [-0.2, -0.15) is 0 Å². The molecule has 1 aliphatic heterocycles. The molecule has 0 unspecified atom stereocenters. The van der Waals surface area contributed by atoms with Crippen LogP contribution in [0.15, 0.2) is 180 Å². The molecule has 0 saturated heterocycles. The van der Waals surface area contributed by atoms with Crippen LogP contribution in [0.5, 0.6) is 11.5 Å². The molecule has 0 saturated carbocycles. The van der Waals surface area contributed by atoms with Crippen LogP contribution in [0.25, 0.3) is 66.1 Å². The summed E-state index contributed by atoms with van der Waals surface area (Å²) in [5, 5.41) is 4.55. The first kappa shape index (κ1) is 27.5. The maximum atomic E-state index is 6.55. The zero-order chi connectivity index (χ0) is 32.3. The van der Waals surface area contributed by atoms with E-state index in [0.717, 1.165) is 67.0 Å². The fraction of sp³-hybridized carbons (Fsp3) is 0. The molecule has 0 aliphatic carbocycles. The smallest absolute Gasteiger partial charge is 0.159 e. The highest BCUT2D eigenvalue weighted by Crippen LogP contribution is 2.49. The summed E-state index contributed by atoms with van der Waals surface area (Å²) in [5.74, 6) is 1.80. The van der Waals surface area contributed by atoms with Gasteiger partial charge in [0, 0.05) is 33.1 Å². The van der Waals surface area contributed by atoms with Crippen LogP contribution in [0.2, 0.25) is 0 Å². The van der Waals surface area contributed by atoms with Crippen LogP contribution in [0.1, 0.15) is 0 Å². The Labute approximate surface area is 283 Å². The van der Waals surface area contributed by atoms with Crippen molar-refractivity contribution >= 4 is 49.8 Å². The average Bonchev–Trinajstić information content (AvgIpc) is 3.56. The van der Waals surface area contributed by atoms with Crippen LogP contribution < -0.4 is 9.64 Å². The monoisotopic (exact) mass is 627 g/mol. The van der Waals surface area contributed by atoms with Crippen LogP contribution in [-0.4, -0.2) is 0 Å². The molecular formula is C46H29NO2. The van der Waals surface area contributed by atoms with E-state index in [0.29, 0.717) is 0 Å². The van der Waals surface area contributed by atoms with Crippen molar-refractivity contribution in [1.82, 2.24) is 0 Å². The summed E-state index contributed by atoms with van der Waals surface area (Å²) in [5.41, 5.74) is 11.9. The SMILES string of the molecule is c1ccc(-c2ccc(N(c3ccc(-c4ccc5c6c(cccc46)-c4ccccc4O5)cc3)c3cccc4c3oc3ccccc34)cc2)cc1. The van der Waals surface area contributed by atoms with Crippen molar-refractivity contribution in [3.05, 3.63) is 176 Å². The Kier molecular flexibility index (Phi) is 6.18. The zero-order valence-electron chi connectivity index (χ0n) is 26.5. The van der Waals surface area contributed by atoms with Gasteiger partial charge in [-0.15, -0.1) is 0 Å². The zero-order valence-corrected chi connectivity index (χ0v) is 26.5. The molecule has 0 spiro atoms. The molecule has 10 rings (SSSR count). The molecule has 0 N–H and O–H groups in total. The van der Waals surface area contributed by atoms with E-state index in [1.54, 1.807) is 0 Å². The number of nitrogens with zero attached hydrogens (tertiary/aromatic N) is 1. The molecule has 0 bridgehead atoms. The molecule has 0 fully saturated rings. The van der Waals surface area contributed by atoms with Gasteiger partial charge in [-0.25, -0.2) is 0 Å². The van der Waals surface area contributed by atoms with Gasteiger partial charge in [-0.3, -0.25) is 0 Å². The molecule has 2 heterocycles. The number of benzene rings is 8. The lowest BCUT2D eigenvalue weighted by molar-refractivity contribution is 0.487. The topological polar surface area (TPSA) is 25.6 Å². The van der Waals surface area contributed by atoms with E-state index >= 15 is 0 Å². The Morgan fingerprint density at radius 1 is 0.367 bits per heavy atom. The first-order valence-corrected chi connectivity index (χ1v) is 16.6. The maximum Gasteiger partial charge on any atom is 0.159 e. The van der Waals surface area contributed by atoms with Gasteiger partial charge < -0.3 is 14.1 Å². The first-order valence-electron chi connectivity index (χ1n) is 16.6. The molecule has 3 heteroatoms. The van der Waals surface area contributed by atoms with Gasteiger partial charge in [-0.1, -0.05) is 127 Å². The molecule has 0 atom stereocenters. The lowest BCUT2D eigenvalue weighted by Gasteiger charge is -2.26. The van der Waals surface area contributed by atoms with E-state index in [1.165, 1.54) is 27.6 Å². The van der Waals surface area contributed by atoms with Crippen molar-refractivity contribution in [2.75, 3.05) is 4.90 Å². The summed E-state index contributed by atoms with van der Waals surface area (Å²) in [6, 6.07) is 61.9. The lowest BCUT2D eigenvalue weighted by Crippen LogP contribution is -2.10. The molecule has 230 valence electrons. The van der Waals surface area contributed by atoms with E-state index in [2.05, 4.69) is 157 Å². The van der Waals surface area contributed by atoms with Crippen molar-refractivity contribution in [1.29, 1.82) is 0 Å². The number of hydrogen-bond acceptors (Lipinski definition) is 3. The second-order valence-corrected chi connectivity index (χ2v) is 12.5. The molecule has 9 aromatic rings. The number of ether oxygens (including phenoxy) is 1. The van der Waals surface area contributed by atoms with Crippen LogP contribution in [0, 0.1) is 0 Å². The van der Waals surface area contributed by atoms with Crippen LogP contribution in [-0.2, 0) is 0 Å². The van der Waals surface area contributed by atoms with Gasteiger partial charge in [0.25, 0.3) is 0 Å². The van der Waals surface area contributed by atoms with Crippen LogP contribution in [0.3, 0.4) is 0 Å². The normalized spacial score (nSPS) is 11.8. The highest BCUT2D eigenvalue weighted by molar-refractivity contribution is 6.11. The standard InChI is InChI=1S/C46H29NO2/c1-2-10-30(11-3-1)31-20-24-33(25-21-31)47(41-17-9-16-40-37-13-5-7-19-43(37)49-46(40)41)34-26-22-32(23-27-34)35-28-29-44-45-38(35)14-8-15-39(45)36-12-4-6-18-42(36)48-44/h1-29H. The number of hydrogen-bond donors (Lipinski definition) is 0. The van der Waals surface area contributed by atoms with Gasteiger partial charge >= 0.3 is 0 Å². The summed E-state index contributed by atoms with van der Waals surface area (Å²) in [6.45, 7) is 0. The van der Waals surface area contributed by atoms with Crippen molar-refractivity contribution in [2.45, 2.75) is 0 Å². The van der Waals surface area contributed by atoms with E-state index in [-0.39, 0.29) is 0 Å². The lowest BCUT2D eigenvalue weighted by atomic mass is 9.90. The second-order valence-electron chi connectivity index (χ2n) is 12.5. The van der Waals surface area contributed by atoms with E-state index in [4.69, 9.17) is 9.15 Å². The van der Waals surface area contributed by atoms with Gasteiger partial charge in [0.15, 0.2) is 5.58 Å². The molecule has 49 heavy (non-hydrogen) atoms. The van der Waals surface area contributed by atoms with E-state index < -0.39 is 0 Å². The predicted octanol–water partition coefficient (Wildman–Crippen LogP) is 13.3. The highest BCUT2D eigenvalue weighted by atomic mass is 16.5. The molecule has 8 aromatic carbocycles. The summed E-state index contributed by atoms with van der Waals surface area (Å²) in [7, 11) is 0. The summed E-state index contributed by atoms with van der Waals surface area (Å²) in [4.78, 5) is 2.30. The minimum absolute atomic E-state index is 0.865. The number of anilines is 3. The highest BCUT2D eigenvalue weighted by Gasteiger charge is 2.22. The third-order valence-electron chi connectivity index (χ3n) is 9.69. The van der Waals surface area contributed by atoms with Crippen molar-refractivity contribution in [3.8, 4) is 44.9 Å². The number of furan rings is 1. The van der Waals surface area contributed by atoms with Crippen LogP contribution in [0.4, 0.5) is 17.1 Å². The Bertz CT molecular complexity index is 2670. The van der Waals surface area contributed by atoms with E-state index in [9.17, 15) is 0 Å².